The lowest BCUT2D eigenvalue weighted by molar-refractivity contribution is 0.0374. The summed E-state index contributed by atoms with van der Waals surface area (Å²) < 4.78 is 8.05. The minimum absolute atomic E-state index is 0.226. The van der Waals surface area contributed by atoms with Gasteiger partial charge in [0.1, 0.15) is 11.8 Å². The number of ether oxygens (including phenoxy) is 1. The van der Waals surface area contributed by atoms with Crippen LogP contribution < -0.4 is 5.32 Å². The van der Waals surface area contributed by atoms with Crippen LogP contribution in [-0.2, 0) is 4.74 Å². The minimum atomic E-state index is -0.226. The largest absolute Gasteiger partial charge is 0.379 e. The van der Waals surface area contributed by atoms with Gasteiger partial charge in [0.25, 0.3) is 5.91 Å². The van der Waals surface area contributed by atoms with Crippen LogP contribution in [0.25, 0.3) is 5.69 Å². The summed E-state index contributed by atoms with van der Waals surface area (Å²) in [6.45, 7) is 4.95. The molecular formula is C19H21BrN4O2. The first-order valence-electron chi connectivity index (χ1n) is 8.65. The van der Waals surface area contributed by atoms with Crippen molar-refractivity contribution in [1.29, 1.82) is 5.26 Å². The third kappa shape index (κ3) is 4.52. The number of nitrogens with one attached hydrogen (secondary N) is 1. The Morgan fingerprint density at radius 3 is 2.65 bits per heavy atom. The molecule has 6 nitrogen and oxygen atoms in total. The first kappa shape index (κ1) is 18.6. The average Bonchev–Trinajstić information content (AvgIpc) is 3.11. The molecule has 0 bridgehead atoms. The molecule has 0 spiro atoms. The van der Waals surface area contributed by atoms with Crippen LogP contribution in [-0.4, -0.2) is 54.8 Å². The number of hydrogen-bond donors (Lipinski definition) is 1. The van der Waals surface area contributed by atoms with Crippen molar-refractivity contribution in [2.75, 3.05) is 39.4 Å². The number of nitrogens with zero attached hydrogens (tertiary/aromatic N) is 3. The van der Waals surface area contributed by atoms with Crippen molar-refractivity contribution < 1.29 is 9.53 Å². The molecule has 0 unspecified atom stereocenters. The van der Waals surface area contributed by atoms with E-state index in [4.69, 9.17) is 4.74 Å². The number of rotatable bonds is 6. The summed E-state index contributed by atoms with van der Waals surface area (Å²) in [5.74, 6) is -0.226. The Balaban J connectivity index is 1.63. The van der Waals surface area contributed by atoms with Crippen LogP contribution in [0.15, 0.2) is 41.0 Å². The molecular weight excluding hydrogens is 396 g/mol. The highest BCUT2D eigenvalue weighted by Crippen LogP contribution is 2.19. The van der Waals surface area contributed by atoms with Crippen molar-refractivity contribution in [2.24, 2.45) is 0 Å². The molecule has 0 aliphatic carbocycles. The van der Waals surface area contributed by atoms with E-state index in [1.54, 1.807) is 16.8 Å². The Hall–Kier alpha value is -2.14. The molecule has 26 heavy (non-hydrogen) atoms. The highest BCUT2D eigenvalue weighted by molar-refractivity contribution is 9.10. The van der Waals surface area contributed by atoms with Gasteiger partial charge in [0.2, 0.25) is 0 Å². The third-order valence-corrected chi connectivity index (χ3v) is 4.90. The molecule has 2 aromatic rings. The van der Waals surface area contributed by atoms with Gasteiger partial charge in [-0.25, -0.2) is 0 Å². The molecule has 0 atom stereocenters. The Labute approximate surface area is 161 Å². The zero-order chi connectivity index (χ0) is 18.4. The molecule has 1 saturated heterocycles. The number of hydrogen-bond acceptors (Lipinski definition) is 4. The van der Waals surface area contributed by atoms with E-state index in [1.165, 1.54) is 0 Å². The van der Waals surface area contributed by atoms with Gasteiger partial charge in [-0.05, 0) is 43.3 Å². The summed E-state index contributed by atoms with van der Waals surface area (Å²) in [7, 11) is 0. The van der Waals surface area contributed by atoms with Gasteiger partial charge in [0.15, 0.2) is 0 Å². The topological polar surface area (TPSA) is 70.3 Å². The summed E-state index contributed by atoms with van der Waals surface area (Å²) >= 11 is 3.41. The summed E-state index contributed by atoms with van der Waals surface area (Å²) in [6, 6.07) is 11.4. The predicted molar refractivity (Wildman–Crippen MR) is 102 cm³/mol. The van der Waals surface area contributed by atoms with E-state index in [1.807, 2.05) is 24.3 Å². The molecule has 3 rings (SSSR count). The van der Waals surface area contributed by atoms with E-state index in [0.29, 0.717) is 17.8 Å². The fourth-order valence-electron chi connectivity index (χ4n) is 2.98. The van der Waals surface area contributed by atoms with Gasteiger partial charge < -0.3 is 14.6 Å². The maximum Gasteiger partial charge on any atom is 0.269 e. The van der Waals surface area contributed by atoms with E-state index >= 15 is 0 Å². The van der Waals surface area contributed by atoms with Crippen molar-refractivity contribution in [2.45, 2.75) is 6.42 Å². The Bertz CT molecular complexity index is 789. The van der Waals surface area contributed by atoms with Crippen molar-refractivity contribution in [3.8, 4) is 11.8 Å². The summed E-state index contributed by atoms with van der Waals surface area (Å²) in [6.07, 6.45) is 2.62. The second kappa shape index (κ2) is 8.99. The fourth-order valence-corrected chi connectivity index (χ4v) is 3.25. The summed E-state index contributed by atoms with van der Waals surface area (Å²) in [5.41, 5.74) is 1.59. The molecule has 1 aromatic carbocycles. The average molecular weight is 417 g/mol. The second-order valence-corrected chi connectivity index (χ2v) is 7.02. The highest BCUT2D eigenvalue weighted by Gasteiger charge is 2.18. The molecule has 1 aliphatic heterocycles. The van der Waals surface area contributed by atoms with E-state index in [9.17, 15) is 10.1 Å². The van der Waals surface area contributed by atoms with Gasteiger partial charge in [-0.3, -0.25) is 9.69 Å². The first-order chi connectivity index (χ1) is 12.7. The standard InChI is InChI=1S/C19H21BrN4O2/c20-16-2-4-17(5-3-16)24-9-6-15(14-21)18(24)19(25)22-7-1-8-23-10-12-26-13-11-23/h2-6,9H,1,7-8,10-13H2,(H,22,25). The number of amides is 1. The monoisotopic (exact) mass is 416 g/mol. The number of morpholine rings is 1. The highest BCUT2D eigenvalue weighted by atomic mass is 79.9. The van der Waals surface area contributed by atoms with E-state index < -0.39 is 0 Å². The van der Waals surface area contributed by atoms with Crippen LogP contribution in [0.4, 0.5) is 0 Å². The van der Waals surface area contributed by atoms with Crippen LogP contribution >= 0.6 is 15.9 Å². The molecule has 1 amide bonds. The first-order valence-corrected chi connectivity index (χ1v) is 9.44. The fraction of sp³-hybridized carbons (Fsp3) is 0.368. The van der Waals surface area contributed by atoms with Gasteiger partial charge in [-0.1, -0.05) is 15.9 Å². The quantitative estimate of drug-likeness (QED) is 0.734. The van der Waals surface area contributed by atoms with Crippen LogP contribution in [0.5, 0.6) is 0 Å². The zero-order valence-electron chi connectivity index (χ0n) is 14.4. The number of halogens is 1. The normalized spacial score (nSPS) is 14.8. The lowest BCUT2D eigenvalue weighted by Crippen LogP contribution is -2.38. The third-order valence-electron chi connectivity index (χ3n) is 4.37. The predicted octanol–water partition coefficient (Wildman–Crippen LogP) is 2.56. The molecule has 0 radical (unpaired) electrons. The number of carbonyl (C=O) groups is 1. The van der Waals surface area contributed by atoms with Gasteiger partial charge in [0.05, 0.1) is 18.8 Å². The molecule has 1 aromatic heterocycles. The maximum absolute atomic E-state index is 12.7. The number of nitriles is 1. The van der Waals surface area contributed by atoms with Crippen molar-refractivity contribution in [3.63, 3.8) is 0 Å². The summed E-state index contributed by atoms with van der Waals surface area (Å²) in [5, 5.41) is 12.3. The molecule has 1 fully saturated rings. The van der Waals surface area contributed by atoms with Crippen LogP contribution in [0, 0.1) is 11.3 Å². The molecule has 0 saturated carbocycles. The van der Waals surface area contributed by atoms with Crippen molar-refractivity contribution >= 4 is 21.8 Å². The summed E-state index contributed by atoms with van der Waals surface area (Å²) in [4.78, 5) is 15.0. The Kier molecular flexibility index (Phi) is 6.45. The van der Waals surface area contributed by atoms with Gasteiger partial charge in [-0.15, -0.1) is 0 Å². The molecule has 1 aliphatic rings. The second-order valence-electron chi connectivity index (χ2n) is 6.10. The molecule has 7 heteroatoms. The number of benzene rings is 1. The number of aromatic nitrogens is 1. The van der Waals surface area contributed by atoms with Crippen molar-refractivity contribution in [1.82, 2.24) is 14.8 Å². The SMILES string of the molecule is N#Cc1ccn(-c2ccc(Br)cc2)c1C(=O)NCCCN1CCOCC1. The maximum atomic E-state index is 12.7. The van der Waals surface area contributed by atoms with E-state index in [2.05, 4.69) is 32.2 Å². The smallest absolute Gasteiger partial charge is 0.269 e. The minimum Gasteiger partial charge on any atom is -0.379 e. The van der Waals surface area contributed by atoms with E-state index in [0.717, 1.165) is 49.4 Å². The van der Waals surface area contributed by atoms with Crippen molar-refractivity contribution in [3.05, 3.63) is 52.3 Å². The lowest BCUT2D eigenvalue weighted by atomic mass is 10.2. The molecule has 1 N–H and O–H groups in total. The van der Waals surface area contributed by atoms with Gasteiger partial charge in [0, 0.05) is 36.0 Å². The lowest BCUT2D eigenvalue weighted by Gasteiger charge is -2.26. The Morgan fingerprint density at radius 1 is 1.23 bits per heavy atom. The molecule has 2 heterocycles. The zero-order valence-corrected chi connectivity index (χ0v) is 16.0. The van der Waals surface area contributed by atoms with E-state index in [-0.39, 0.29) is 5.91 Å². The van der Waals surface area contributed by atoms with Crippen LogP contribution in [0.2, 0.25) is 0 Å². The van der Waals surface area contributed by atoms with Crippen LogP contribution in [0.3, 0.4) is 0 Å². The van der Waals surface area contributed by atoms with Gasteiger partial charge >= 0.3 is 0 Å². The van der Waals surface area contributed by atoms with Gasteiger partial charge in [-0.2, -0.15) is 5.26 Å². The van der Waals surface area contributed by atoms with Crippen LogP contribution in [0.1, 0.15) is 22.5 Å². The molecule has 136 valence electrons. The number of carbonyl (C=O) groups excluding carboxylic acids is 1. The Morgan fingerprint density at radius 2 is 1.96 bits per heavy atom.